The maximum absolute atomic E-state index is 12.1. The molecule has 3 aromatic rings. The van der Waals surface area contributed by atoms with Gasteiger partial charge < -0.3 is 0 Å². The summed E-state index contributed by atoms with van der Waals surface area (Å²) in [5, 5.41) is 2.07. The standard InChI is InChI=1S/C15H14BrN3OS/c1-18(10-13-3-2-6-21-13)9-12-7-15(20)19-8-11(16)4-5-14(19)17-12/h2-8H,9-10H2,1H3. The molecule has 3 heterocycles. The van der Waals surface area contributed by atoms with Crippen molar-refractivity contribution in [3.05, 3.63) is 67.3 Å². The van der Waals surface area contributed by atoms with Crippen LogP contribution in [0, 0.1) is 0 Å². The lowest BCUT2D eigenvalue weighted by atomic mass is 10.3. The highest BCUT2D eigenvalue weighted by Gasteiger charge is 2.07. The Kier molecular flexibility index (Phi) is 4.19. The van der Waals surface area contributed by atoms with Crippen molar-refractivity contribution in [1.29, 1.82) is 0 Å². The van der Waals surface area contributed by atoms with Gasteiger partial charge in [-0.3, -0.25) is 14.1 Å². The molecule has 21 heavy (non-hydrogen) atoms. The lowest BCUT2D eigenvalue weighted by molar-refractivity contribution is 0.318. The minimum Gasteiger partial charge on any atom is -0.295 e. The third-order valence-electron chi connectivity index (χ3n) is 3.11. The SMILES string of the molecule is CN(Cc1cc(=O)n2cc(Br)ccc2n1)Cc1cccs1. The highest BCUT2D eigenvalue weighted by molar-refractivity contribution is 9.10. The van der Waals surface area contributed by atoms with E-state index in [1.807, 2.05) is 25.2 Å². The highest BCUT2D eigenvalue weighted by Crippen LogP contribution is 2.13. The van der Waals surface area contributed by atoms with Crippen molar-refractivity contribution < 1.29 is 0 Å². The molecule has 0 spiro atoms. The number of rotatable bonds is 4. The van der Waals surface area contributed by atoms with Crippen molar-refractivity contribution in [3.63, 3.8) is 0 Å². The van der Waals surface area contributed by atoms with Gasteiger partial charge in [-0.1, -0.05) is 6.07 Å². The molecule has 108 valence electrons. The number of thiophene rings is 1. The van der Waals surface area contributed by atoms with E-state index in [-0.39, 0.29) is 5.56 Å². The van der Waals surface area contributed by atoms with E-state index >= 15 is 0 Å². The van der Waals surface area contributed by atoms with Crippen LogP contribution in [-0.4, -0.2) is 21.3 Å². The van der Waals surface area contributed by atoms with Gasteiger partial charge in [-0.2, -0.15) is 0 Å². The molecule has 0 bridgehead atoms. The molecule has 3 aromatic heterocycles. The van der Waals surface area contributed by atoms with Gasteiger partial charge >= 0.3 is 0 Å². The van der Waals surface area contributed by atoms with Crippen LogP contribution in [0.5, 0.6) is 0 Å². The Balaban J connectivity index is 1.84. The molecule has 0 fully saturated rings. The van der Waals surface area contributed by atoms with Gasteiger partial charge in [-0.05, 0) is 46.6 Å². The lowest BCUT2D eigenvalue weighted by Gasteiger charge is -2.15. The minimum atomic E-state index is -0.0548. The van der Waals surface area contributed by atoms with E-state index < -0.39 is 0 Å². The summed E-state index contributed by atoms with van der Waals surface area (Å²) in [5.74, 6) is 0. The number of pyridine rings is 1. The quantitative estimate of drug-likeness (QED) is 0.714. The molecule has 0 aromatic carbocycles. The van der Waals surface area contributed by atoms with Crippen LogP contribution in [0.4, 0.5) is 0 Å². The van der Waals surface area contributed by atoms with Crippen molar-refractivity contribution in [2.45, 2.75) is 13.1 Å². The van der Waals surface area contributed by atoms with Gasteiger partial charge in [0.05, 0.1) is 5.69 Å². The van der Waals surface area contributed by atoms with Crippen molar-refractivity contribution >= 4 is 32.9 Å². The number of hydrogen-bond acceptors (Lipinski definition) is 4. The van der Waals surface area contributed by atoms with Crippen LogP contribution in [0.1, 0.15) is 10.6 Å². The molecule has 0 unspecified atom stereocenters. The maximum atomic E-state index is 12.1. The van der Waals surface area contributed by atoms with Crippen LogP contribution >= 0.6 is 27.3 Å². The van der Waals surface area contributed by atoms with Crippen LogP contribution < -0.4 is 5.56 Å². The van der Waals surface area contributed by atoms with Crippen molar-refractivity contribution in [3.8, 4) is 0 Å². The van der Waals surface area contributed by atoms with Crippen molar-refractivity contribution in [1.82, 2.24) is 14.3 Å². The van der Waals surface area contributed by atoms with Gasteiger partial charge in [0, 0.05) is 34.7 Å². The molecule has 4 nitrogen and oxygen atoms in total. The van der Waals surface area contributed by atoms with E-state index in [1.54, 1.807) is 28.0 Å². The zero-order chi connectivity index (χ0) is 14.8. The molecule has 3 rings (SSSR count). The molecular weight excluding hydrogens is 350 g/mol. The summed E-state index contributed by atoms with van der Waals surface area (Å²) >= 11 is 5.10. The topological polar surface area (TPSA) is 37.6 Å². The monoisotopic (exact) mass is 363 g/mol. The van der Waals surface area contributed by atoms with Crippen molar-refractivity contribution in [2.24, 2.45) is 0 Å². The lowest BCUT2D eigenvalue weighted by Crippen LogP contribution is -2.21. The Morgan fingerprint density at radius 1 is 1.33 bits per heavy atom. The second kappa shape index (κ2) is 6.09. The summed E-state index contributed by atoms with van der Waals surface area (Å²) in [5.41, 5.74) is 1.41. The average Bonchev–Trinajstić information content (AvgIpc) is 2.92. The fourth-order valence-corrected chi connectivity index (χ4v) is 3.33. The minimum absolute atomic E-state index is 0.0548. The second-order valence-corrected chi connectivity index (χ2v) is 6.86. The van der Waals surface area contributed by atoms with E-state index in [4.69, 9.17) is 0 Å². The summed E-state index contributed by atoms with van der Waals surface area (Å²) in [4.78, 5) is 20.1. The molecule has 0 atom stereocenters. The number of halogens is 1. The highest BCUT2D eigenvalue weighted by atomic mass is 79.9. The van der Waals surface area contributed by atoms with Crippen LogP contribution in [0.3, 0.4) is 0 Å². The van der Waals surface area contributed by atoms with Crippen molar-refractivity contribution in [2.75, 3.05) is 7.05 Å². The Bertz CT molecular complexity index is 813. The molecule has 0 saturated heterocycles. The van der Waals surface area contributed by atoms with Crippen LogP contribution in [0.2, 0.25) is 0 Å². The molecule has 0 radical (unpaired) electrons. The summed E-state index contributed by atoms with van der Waals surface area (Å²) < 4.78 is 2.41. The first-order chi connectivity index (χ1) is 10.1. The number of hydrogen-bond donors (Lipinski definition) is 0. The van der Waals surface area contributed by atoms with Gasteiger partial charge in [-0.25, -0.2) is 4.98 Å². The van der Waals surface area contributed by atoms with Crippen LogP contribution in [0.25, 0.3) is 5.65 Å². The third-order valence-corrected chi connectivity index (χ3v) is 4.44. The summed E-state index contributed by atoms with van der Waals surface area (Å²) in [7, 11) is 2.03. The third kappa shape index (κ3) is 3.40. The Morgan fingerprint density at radius 3 is 2.95 bits per heavy atom. The van der Waals surface area contributed by atoms with Gasteiger partial charge in [-0.15, -0.1) is 11.3 Å². The predicted molar refractivity (Wildman–Crippen MR) is 88.7 cm³/mol. The van der Waals surface area contributed by atoms with Gasteiger partial charge in [0.2, 0.25) is 0 Å². The van der Waals surface area contributed by atoms with E-state index in [0.29, 0.717) is 12.2 Å². The number of aromatic nitrogens is 2. The number of fused-ring (bicyclic) bond motifs is 1. The average molecular weight is 364 g/mol. The first-order valence-corrected chi connectivity index (χ1v) is 8.18. The zero-order valence-corrected chi connectivity index (χ0v) is 13.9. The Hall–Kier alpha value is -1.50. The van der Waals surface area contributed by atoms with E-state index in [9.17, 15) is 4.79 Å². The normalized spacial score (nSPS) is 11.4. The van der Waals surface area contributed by atoms with E-state index in [1.165, 1.54) is 4.88 Å². The fourth-order valence-electron chi connectivity index (χ4n) is 2.21. The van der Waals surface area contributed by atoms with Gasteiger partial charge in [0.15, 0.2) is 0 Å². The predicted octanol–water partition coefficient (Wildman–Crippen LogP) is 3.15. The molecule has 0 N–H and O–H groups in total. The first-order valence-electron chi connectivity index (χ1n) is 6.50. The maximum Gasteiger partial charge on any atom is 0.258 e. The second-order valence-electron chi connectivity index (χ2n) is 4.91. The van der Waals surface area contributed by atoms with Gasteiger partial charge in [0.25, 0.3) is 5.56 Å². The van der Waals surface area contributed by atoms with E-state index in [2.05, 4.69) is 37.3 Å². The Morgan fingerprint density at radius 2 is 2.19 bits per heavy atom. The smallest absolute Gasteiger partial charge is 0.258 e. The zero-order valence-electron chi connectivity index (χ0n) is 11.5. The fraction of sp³-hybridized carbons (Fsp3) is 0.200. The molecule has 0 aliphatic heterocycles. The largest absolute Gasteiger partial charge is 0.295 e. The van der Waals surface area contributed by atoms with Gasteiger partial charge in [0.1, 0.15) is 5.65 Å². The Labute approximate surface area is 134 Å². The molecule has 0 amide bonds. The molecule has 0 saturated carbocycles. The summed E-state index contributed by atoms with van der Waals surface area (Å²) in [6, 6.07) is 9.49. The molecule has 6 heteroatoms. The molecule has 0 aliphatic rings. The summed E-state index contributed by atoms with van der Waals surface area (Å²) in [6.07, 6.45) is 1.74. The summed E-state index contributed by atoms with van der Waals surface area (Å²) in [6.45, 7) is 1.51. The number of nitrogens with zero attached hydrogens (tertiary/aromatic N) is 3. The van der Waals surface area contributed by atoms with Crippen LogP contribution in [-0.2, 0) is 13.1 Å². The van der Waals surface area contributed by atoms with Crippen LogP contribution in [0.15, 0.2) is 51.2 Å². The molecular formula is C15H14BrN3OS. The molecule has 0 aliphatic carbocycles. The van der Waals surface area contributed by atoms with E-state index in [0.717, 1.165) is 16.7 Å². The first kappa shape index (κ1) is 14.4.